The number of amides is 2. The van der Waals surface area contributed by atoms with Gasteiger partial charge in [-0.3, -0.25) is 19.7 Å². The van der Waals surface area contributed by atoms with E-state index in [-0.39, 0.29) is 39.9 Å². The van der Waals surface area contributed by atoms with Crippen LogP contribution in [-0.2, 0) is 14.3 Å². The number of rotatable bonds is 9. The summed E-state index contributed by atoms with van der Waals surface area (Å²) in [6, 6.07) is 12.9. The third-order valence-corrected chi connectivity index (χ3v) is 7.67. The molecular formula is C27H24N4O6S2. The highest BCUT2D eigenvalue weighted by molar-refractivity contribution is 7.99. The van der Waals surface area contributed by atoms with E-state index in [1.54, 1.807) is 45.0 Å². The van der Waals surface area contributed by atoms with E-state index in [1.807, 2.05) is 6.07 Å². The lowest BCUT2D eigenvalue weighted by molar-refractivity contribution is -0.384. The fraction of sp³-hybridized carbons (Fsp3) is 0.185. The first-order chi connectivity index (χ1) is 18.5. The molecule has 0 saturated heterocycles. The van der Waals surface area contributed by atoms with E-state index in [0.29, 0.717) is 21.0 Å². The van der Waals surface area contributed by atoms with Gasteiger partial charge in [-0.05, 0) is 56.2 Å². The van der Waals surface area contributed by atoms with Gasteiger partial charge in [0.1, 0.15) is 16.6 Å². The summed E-state index contributed by atoms with van der Waals surface area (Å²) < 4.78 is 5.11. The molecule has 2 amide bonds. The predicted octanol–water partition coefficient (Wildman–Crippen LogP) is 6.11. The van der Waals surface area contributed by atoms with Crippen LogP contribution in [0.1, 0.15) is 40.2 Å². The Balaban J connectivity index is 2.03. The minimum Gasteiger partial charge on any atom is -0.462 e. The van der Waals surface area contributed by atoms with Crippen LogP contribution in [0.3, 0.4) is 0 Å². The quantitative estimate of drug-likeness (QED) is 0.104. The number of nitrogens with zero attached hydrogens (tertiary/aromatic N) is 2. The highest BCUT2D eigenvalue weighted by Gasteiger charge is 2.23. The van der Waals surface area contributed by atoms with Crippen molar-refractivity contribution in [3.8, 4) is 6.07 Å². The van der Waals surface area contributed by atoms with Crippen LogP contribution in [-0.4, -0.2) is 29.3 Å². The van der Waals surface area contributed by atoms with E-state index >= 15 is 0 Å². The zero-order valence-electron chi connectivity index (χ0n) is 21.5. The second kappa shape index (κ2) is 12.9. The summed E-state index contributed by atoms with van der Waals surface area (Å²) in [6.45, 7) is 6.74. The number of nitro benzene ring substituents is 1. The van der Waals surface area contributed by atoms with Gasteiger partial charge in [-0.1, -0.05) is 23.9 Å². The number of nitrogens with one attached hydrogen (secondary N) is 2. The summed E-state index contributed by atoms with van der Waals surface area (Å²) in [4.78, 5) is 50.1. The molecule has 39 heavy (non-hydrogen) atoms. The molecule has 0 unspecified atom stereocenters. The molecule has 10 nitrogen and oxygen atoms in total. The molecule has 0 bridgehead atoms. The molecule has 0 spiro atoms. The van der Waals surface area contributed by atoms with Crippen LogP contribution < -0.4 is 10.6 Å². The largest absolute Gasteiger partial charge is 0.462 e. The lowest BCUT2D eigenvalue weighted by atomic mass is 10.1. The SMILES string of the molecule is CCOC(=O)c1c(NC(=O)C(C#N)=Cc2cc([N+](=O)[O-])ccc2Sc2ccccc2NC(C)=O)sc(C)c1C. The van der Waals surface area contributed by atoms with Crippen LogP contribution in [0, 0.1) is 35.3 Å². The average Bonchev–Trinajstić information content (AvgIpc) is 3.16. The number of carbonyl (C=O) groups is 3. The van der Waals surface area contributed by atoms with Crippen molar-refractivity contribution in [3.63, 3.8) is 0 Å². The molecule has 0 aliphatic carbocycles. The number of benzene rings is 2. The molecule has 3 rings (SSSR count). The maximum absolute atomic E-state index is 13.1. The monoisotopic (exact) mass is 564 g/mol. The van der Waals surface area contributed by atoms with Gasteiger partial charge in [0.15, 0.2) is 0 Å². The summed E-state index contributed by atoms with van der Waals surface area (Å²) in [5, 5.41) is 26.9. The van der Waals surface area contributed by atoms with Gasteiger partial charge in [0, 0.05) is 33.7 Å². The number of nitriles is 1. The fourth-order valence-electron chi connectivity index (χ4n) is 3.46. The molecule has 2 N–H and O–H groups in total. The Morgan fingerprint density at radius 1 is 1.15 bits per heavy atom. The Hall–Kier alpha value is -4.47. The normalized spacial score (nSPS) is 10.9. The molecule has 0 aliphatic rings. The van der Waals surface area contributed by atoms with Crippen molar-refractivity contribution in [2.45, 2.75) is 37.5 Å². The Bertz CT molecular complexity index is 1540. The third-order valence-electron chi connectivity index (χ3n) is 5.38. The van der Waals surface area contributed by atoms with E-state index in [2.05, 4.69) is 10.6 Å². The van der Waals surface area contributed by atoms with Crippen molar-refractivity contribution in [1.29, 1.82) is 5.26 Å². The van der Waals surface area contributed by atoms with Gasteiger partial charge in [-0.15, -0.1) is 11.3 Å². The summed E-state index contributed by atoms with van der Waals surface area (Å²) in [5.41, 5.74) is 1.11. The van der Waals surface area contributed by atoms with Gasteiger partial charge in [0.2, 0.25) is 5.91 Å². The van der Waals surface area contributed by atoms with Crippen LogP contribution in [0.25, 0.3) is 6.08 Å². The maximum atomic E-state index is 13.1. The number of carbonyl (C=O) groups excluding carboxylic acids is 3. The number of ether oxygens (including phenoxy) is 1. The van der Waals surface area contributed by atoms with E-state index in [0.717, 1.165) is 4.88 Å². The molecular weight excluding hydrogens is 540 g/mol. The molecule has 3 aromatic rings. The van der Waals surface area contributed by atoms with Crippen LogP contribution in [0.2, 0.25) is 0 Å². The molecule has 1 aromatic heterocycles. The molecule has 0 fully saturated rings. The van der Waals surface area contributed by atoms with E-state index < -0.39 is 16.8 Å². The number of anilines is 2. The zero-order chi connectivity index (χ0) is 28.7. The Labute approximate surface area is 232 Å². The number of para-hydroxylation sites is 1. The Kier molecular flexibility index (Phi) is 9.59. The number of hydrogen-bond donors (Lipinski definition) is 2. The summed E-state index contributed by atoms with van der Waals surface area (Å²) in [7, 11) is 0. The fourth-order valence-corrected chi connectivity index (χ4v) is 5.49. The second-order valence-electron chi connectivity index (χ2n) is 8.09. The predicted molar refractivity (Wildman–Crippen MR) is 150 cm³/mol. The maximum Gasteiger partial charge on any atom is 0.341 e. The van der Waals surface area contributed by atoms with Gasteiger partial charge in [-0.25, -0.2) is 4.79 Å². The highest BCUT2D eigenvalue weighted by atomic mass is 32.2. The number of non-ortho nitro benzene ring substituents is 1. The molecule has 2 aromatic carbocycles. The number of hydrogen-bond acceptors (Lipinski definition) is 9. The van der Waals surface area contributed by atoms with Crippen LogP contribution in [0.15, 0.2) is 57.8 Å². The number of aryl methyl sites for hydroxylation is 1. The zero-order valence-corrected chi connectivity index (χ0v) is 23.1. The highest BCUT2D eigenvalue weighted by Crippen LogP contribution is 2.38. The molecule has 200 valence electrons. The molecule has 1 heterocycles. The standard InChI is InChI=1S/C27H24N4O6S2/c1-5-37-27(34)24-15(2)16(3)38-26(24)30-25(33)19(14-28)12-18-13-20(31(35)36)10-11-22(18)39-23-9-7-6-8-21(23)29-17(4)32/h6-13H,5H2,1-4H3,(H,29,32)(H,30,33). The summed E-state index contributed by atoms with van der Waals surface area (Å²) in [5.74, 6) is -1.64. The van der Waals surface area contributed by atoms with Gasteiger partial charge >= 0.3 is 5.97 Å². The minimum atomic E-state index is -0.787. The van der Waals surface area contributed by atoms with E-state index in [4.69, 9.17) is 4.74 Å². The lowest BCUT2D eigenvalue weighted by Gasteiger charge is -2.11. The number of thiophene rings is 1. The van der Waals surface area contributed by atoms with Crippen molar-refractivity contribution in [2.24, 2.45) is 0 Å². The van der Waals surface area contributed by atoms with Crippen molar-refractivity contribution in [3.05, 3.63) is 79.7 Å². The molecule has 0 aliphatic heterocycles. The molecule has 12 heteroatoms. The molecule has 0 atom stereocenters. The van der Waals surface area contributed by atoms with Crippen molar-refractivity contribution in [1.82, 2.24) is 0 Å². The summed E-state index contributed by atoms with van der Waals surface area (Å²) in [6.07, 6.45) is 1.25. The molecule has 0 radical (unpaired) electrons. The minimum absolute atomic E-state index is 0.155. The lowest BCUT2D eigenvalue weighted by Crippen LogP contribution is -2.16. The molecule has 0 saturated carbocycles. The van der Waals surface area contributed by atoms with Gasteiger partial charge < -0.3 is 15.4 Å². The summed E-state index contributed by atoms with van der Waals surface area (Å²) >= 11 is 2.38. The average molecular weight is 565 g/mol. The van der Waals surface area contributed by atoms with Crippen molar-refractivity contribution >= 4 is 63.3 Å². The van der Waals surface area contributed by atoms with E-state index in [9.17, 15) is 29.8 Å². The van der Waals surface area contributed by atoms with Gasteiger partial charge in [0.05, 0.1) is 22.8 Å². The van der Waals surface area contributed by atoms with Crippen molar-refractivity contribution < 1.29 is 24.0 Å². The Morgan fingerprint density at radius 3 is 2.51 bits per heavy atom. The van der Waals surface area contributed by atoms with Crippen LogP contribution in [0.5, 0.6) is 0 Å². The van der Waals surface area contributed by atoms with Gasteiger partial charge in [0.25, 0.3) is 11.6 Å². The third kappa shape index (κ3) is 7.10. The van der Waals surface area contributed by atoms with E-state index in [1.165, 1.54) is 54.3 Å². The van der Waals surface area contributed by atoms with Crippen LogP contribution in [0.4, 0.5) is 16.4 Å². The smallest absolute Gasteiger partial charge is 0.341 e. The Morgan fingerprint density at radius 2 is 1.87 bits per heavy atom. The van der Waals surface area contributed by atoms with Crippen molar-refractivity contribution in [2.75, 3.05) is 17.2 Å². The van der Waals surface area contributed by atoms with Gasteiger partial charge in [-0.2, -0.15) is 5.26 Å². The first-order valence-corrected chi connectivity index (χ1v) is 13.2. The second-order valence-corrected chi connectivity index (χ2v) is 10.4. The first kappa shape index (κ1) is 29.1. The first-order valence-electron chi connectivity index (χ1n) is 11.6. The topological polar surface area (TPSA) is 151 Å². The number of nitro groups is 1. The number of esters is 1. The van der Waals surface area contributed by atoms with Crippen LogP contribution >= 0.6 is 23.1 Å².